The summed E-state index contributed by atoms with van der Waals surface area (Å²) in [5.41, 5.74) is 18.0. The van der Waals surface area contributed by atoms with Crippen LogP contribution in [0.1, 0.15) is 106 Å². The van der Waals surface area contributed by atoms with Crippen molar-refractivity contribution in [2.24, 2.45) is 27.8 Å². The summed E-state index contributed by atoms with van der Waals surface area (Å²) in [6.45, 7) is 2.66. The lowest BCUT2D eigenvalue weighted by atomic mass is 9.73. The third kappa shape index (κ3) is 7.49. The first-order valence-corrected chi connectivity index (χ1v) is 18.5. The average Bonchev–Trinajstić information content (AvgIpc) is 3.86. The van der Waals surface area contributed by atoms with Crippen LogP contribution < -0.4 is 20.9 Å². The van der Waals surface area contributed by atoms with Crippen LogP contribution in [-0.2, 0) is 17.6 Å². The number of Topliss-reactive ketones (excluding diaryl/α,β-unsaturated/α-hetero) is 1. The second-order valence-corrected chi connectivity index (χ2v) is 14.6. The van der Waals surface area contributed by atoms with Crippen LogP contribution in [0.3, 0.4) is 0 Å². The molecule has 5 aliphatic rings. The van der Waals surface area contributed by atoms with Crippen molar-refractivity contribution in [3.63, 3.8) is 0 Å². The minimum atomic E-state index is -1.05. The third-order valence-corrected chi connectivity index (χ3v) is 11.0. The Morgan fingerprint density at radius 2 is 1.96 bits per heavy atom. The number of carbonyl (C=O) groups excluding carboxylic acids is 1. The fraction of sp³-hybridized carbons (Fsp3) is 0.476. The molecule has 0 radical (unpaired) electrons. The molecule has 2 bridgehead atoms. The van der Waals surface area contributed by atoms with Gasteiger partial charge in [-0.25, -0.2) is 0 Å². The fourth-order valence-corrected chi connectivity index (χ4v) is 8.06. The van der Waals surface area contributed by atoms with Crippen LogP contribution >= 0.6 is 0 Å². The van der Waals surface area contributed by atoms with E-state index in [1.54, 1.807) is 0 Å². The number of ketones is 1. The summed E-state index contributed by atoms with van der Waals surface area (Å²) < 4.78 is 13.1. The van der Waals surface area contributed by atoms with Gasteiger partial charge in [0, 0.05) is 37.2 Å². The monoisotopic (exact) mass is 688 g/mol. The SMILES string of the molecule is CCCCCC(O)CC(=O)CCc1ccc2c(c1)OC1C(C#CC(O)c3ccc(C(N)N)cc3CC3=CN=C4CN1C=C34)C1(C#CO2)CCCC1. The van der Waals surface area contributed by atoms with Gasteiger partial charge >= 0.3 is 0 Å². The highest BCUT2D eigenvalue weighted by Gasteiger charge is 2.48. The lowest BCUT2D eigenvalue weighted by Gasteiger charge is -2.39. The Kier molecular flexibility index (Phi) is 10.4. The topological polar surface area (TPSA) is 144 Å². The number of unbranched alkanes of at least 4 members (excludes halogenated alkanes) is 2. The van der Waals surface area contributed by atoms with Gasteiger partial charge in [0.15, 0.2) is 17.7 Å². The summed E-state index contributed by atoms with van der Waals surface area (Å²) in [7, 11) is 0. The number of carbonyl (C=O) groups is 1. The van der Waals surface area contributed by atoms with Crippen molar-refractivity contribution in [3.8, 4) is 35.4 Å². The van der Waals surface area contributed by atoms with E-state index in [1.165, 1.54) is 0 Å². The van der Waals surface area contributed by atoms with E-state index in [2.05, 4.69) is 41.9 Å². The van der Waals surface area contributed by atoms with Crippen LogP contribution in [0, 0.1) is 35.2 Å². The van der Waals surface area contributed by atoms with Crippen molar-refractivity contribution in [1.82, 2.24) is 4.90 Å². The minimum Gasteiger partial charge on any atom is -0.465 e. The van der Waals surface area contributed by atoms with Gasteiger partial charge in [0.25, 0.3) is 0 Å². The standard InChI is InChI=1S/C42H48N4O5/c1-2-3-4-7-31(47)23-32(48)11-8-27-9-15-38-39(20-27)51-41-35(42(18-19-50-38)16-5-6-17-42)13-14-37(49)33-12-10-28(40(43)44)21-29(33)22-30-24-45-36-26-46(41)25-34(30)36/h9-10,12,15,20-21,24-25,31,35,37,40-41,47,49H,2-8,11,16-17,22-23,26,43-44H2,1H3. The zero-order valence-electron chi connectivity index (χ0n) is 29.4. The van der Waals surface area contributed by atoms with Crippen molar-refractivity contribution in [3.05, 3.63) is 82.2 Å². The van der Waals surface area contributed by atoms with Crippen LogP contribution in [0.15, 0.2) is 64.9 Å². The van der Waals surface area contributed by atoms with Gasteiger partial charge in [0.2, 0.25) is 0 Å². The number of ether oxygens (including phenoxy) is 2. The fourth-order valence-electron chi connectivity index (χ4n) is 8.06. The summed E-state index contributed by atoms with van der Waals surface area (Å²) in [5, 5.41) is 22.0. The molecular weight excluding hydrogens is 640 g/mol. The smallest absolute Gasteiger partial charge is 0.187 e. The predicted molar refractivity (Wildman–Crippen MR) is 196 cm³/mol. The first kappa shape index (κ1) is 35.0. The van der Waals surface area contributed by atoms with E-state index in [0.29, 0.717) is 49.3 Å². The molecule has 0 aromatic heterocycles. The van der Waals surface area contributed by atoms with E-state index >= 15 is 0 Å². The molecule has 2 aromatic rings. The highest BCUT2D eigenvalue weighted by atomic mass is 16.5. The number of hydrogen-bond donors (Lipinski definition) is 4. The van der Waals surface area contributed by atoms with E-state index in [9.17, 15) is 15.0 Å². The molecule has 9 heteroatoms. The number of aliphatic hydroxyl groups excluding tert-OH is 2. The molecule has 1 aliphatic carbocycles. The van der Waals surface area contributed by atoms with Gasteiger partial charge in [0.05, 0.1) is 35.9 Å². The van der Waals surface area contributed by atoms with Gasteiger partial charge in [-0.2, -0.15) is 0 Å². The Morgan fingerprint density at radius 1 is 1.12 bits per heavy atom. The summed E-state index contributed by atoms with van der Waals surface area (Å²) in [6, 6.07) is 11.4. The number of benzene rings is 2. The lowest BCUT2D eigenvalue weighted by Crippen LogP contribution is -2.47. The summed E-state index contributed by atoms with van der Waals surface area (Å²) in [6.07, 6.45) is 13.2. The molecule has 4 aliphatic heterocycles. The van der Waals surface area contributed by atoms with Crippen LogP contribution in [0.5, 0.6) is 11.5 Å². The number of nitrogens with zero attached hydrogens (tertiary/aromatic N) is 2. The number of allylic oxidation sites excluding steroid dienone is 1. The maximum absolute atomic E-state index is 12.8. The van der Waals surface area contributed by atoms with Crippen molar-refractivity contribution >= 4 is 11.5 Å². The first-order valence-electron chi connectivity index (χ1n) is 18.5. The molecule has 4 unspecified atom stereocenters. The molecule has 2 aromatic carbocycles. The maximum Gasteiger partial charge on any atom is 0.187 e. The summed E-state index contributed by atoms with van der Waals surface area (Å²) in [4.78, 5) is 19.8. The zero-order chi connectivity index (χ0) is 35.5. The Bertz CT molecular complexity index is 1880. The van der Waals surface area contributed by atoms with Crippen molar-refractivity contribution in [2.75, 3.05) is 6.54 Å². The molecule has 0 saturated heterocycles. The van der Waals surface area contributed by atoms with Gasteiger partial charge in [-0.15, -0.1) is 0 Å². The Balaban J connectivity index is 1.23. The van der Waals surface area contributed by atoms with Crippen molar-refractivity contribution in [2.45, 2.75) is 109 Å². The number of fused-ring (bicyclic) bond motifs is 6. The van der Waals surface area contributed by atoms with Gasteiger partial charge in [-0.1, -0.05) is 81.1 Å². The second-order valence-electron chi connectivity index (χ2n) is 14.6. The molecule has 4 atom stereocenters. The minimum absolute atomic E-state index is 0.0468. The van der Waals surface area contributed by atoms with Crippen LogP contribution in [0.25, 0.3) is 0 Å². The normalized spacial score (nSPS) is 23.1. The quantitative estimate of drug-likeness (QED) is 0.146. The number of aliphatic imine (C=N–C) groups is 1. The number of nitrogens with two attached hydrogens (primary N) is 2. The lowest BCUT2D eigenvalue weighted by molar-refractivity contribution is -0.121. The van der Waals surface area contributed by atoms with E-state index in [0.717, 1.165) is 78.5 Å². The van der Waals surface area contributed by atoms with Crippen molar-refractivity contribution in [1.29, 1.82) is 0 Å². The average molecular weight is 689 g/mol. The number of aliphatic hydroxyl groups is 2. The molecule has 51 heavy (non-hydrogen) atoms. The highest BCUT2D eigenvalue weighted by Crippen LogP contribution is 2.49. The van der Waals surface area contributed by atoms with E-state index in [4.69, 9.17) is 25.9 Å². The largest absolute Gasteiger partial charge is 0.465 e. The molecule has 6 N–H and O–H groups in total. The van der Waals surface area contributed by atoms with Crippen LogP contribution in [0.2, 0.25) is 0 Å². The number of aryl methyl sites for hydroxylation is 1. The molecule has 266 valence electrons. The van der Waals surface area contributed by atoms with Gasteiger partial charge in [-0.05, 0) is 65.6 Å². The Morgan fingerprint density at radius 3 is 2.76 bits per heavy atom. The molecule has 1 spiro atoms. The van der Waals surface area contributed by atoms with E-state index in [-0.39, 0.29) is 12.2 Å². The second kappa shape index (κ2) is 15.1. The molecule has 4 heterocycles. The molecular formula is C42H48N4O5. The zero-order valence-corrected chi connectivity index (χ0v) is 29.4. The molecule has 1 fully saturated rings. The van der Waals surface area contributed by atoms with Gasteiger partial charge in [-0.3, -0.25) is 9.79 Å². The Labute approximate surface area is 300 Å². The molecule has 9 nitrogen and oxygen atoms in total. The summed E-state index contributed by atoms with van der Waals surface area (Å²) in [5.74, 6) is 10.9. The maximum atomic E-state index is 12.8. The van der Waals surface area contributed by atoms with Crippen LogP contribution in [0.4, 0.5) is 0 Å². The van der Waals surface area contributed by atoms with Gasteiger partial charge in [0.1, 0.15) is 18.0 Å². The molecule has 0 amide bonds. The van der Waals surface area contributed by atoms with Gasteiger partial charge < -0.3 is 36.1 Å². The van der Waals surface area contributed by atoms with Crippen LogP contribution in [-0.4, -0.2) is 45.5 Å². The summed E-state index contributed by atoms with van der Waals surface area (Å²) >= 11 is 0. The highest BCUT2D eigenvalue weighted by molar-refractivity contribution is 6.09. The molecule has 1 saturated carbocycles. The predicted octanol–water partition coefficient (Wildman–Crippen LogP) is 5.50. The van der Waals surface area contributed by atoms with E-state index < -0.39 is 35.9 Å². The number of rotatable bonds is 10. The van der Waals surface area contributed by atoms with E-state index in [1.807, 2.05) is 42.6 Å². The first-order chi connectivity index (χ1) is 24.7. The number of hydrogen-bond acceptors (Lipinski definition) is 9. The molecule has 7 rings (SSSR count). The van der Waals surface area contributed by atoms with Crippen molar-refractivity contribution < 1.29 is 24.5 Å². The third-order valence-electron chi connectivity index (χ3n) is 11.0. The Hall–Kier alpha value is -4.38.